The summed E-state index contributed by atoms with van der Waals surface area (Å²) in [6, 6.07) is 14.1. The molecule has 2 N–H and O–H groups in total. The molecule has 0 amide bonds. The number of nitrogens with two attached hydrogens (primary N) is 1. The average molecular weight is 409 g/mol. The van der Waals surface area contributed by atoms with Crippen molar-refractivity contribution in [2.24, 2.45) is 0 Å². The van der Waals surface area contributed by atoms with Gasteiger partial charge in [-0.15, -0.1) is 0 Å². The van der Waals surface area contributed by atoms with E-state index < -0.39 is 0 Å². The SMILES string of the molecule is Cc1ncnc2ccc(-c3cc(Br)c(N)nc3-c3ccc(F)cc3)cc12. The molecule has 0 atom stereocenters. The second kappa shape index (κ2) is 6.46. The predicted molar refractivity (Wildman–Crippen MR) is 105 cm³/mol. The third-order valence-corrected chi connectivity index (χ3v) is 4.90. The molecular formula is C20H14BrFN4. The van der Waals surface area contributed by atoms with E-state index in [2.05, 4.69) is 30.9 Å². The monoisotopic (exact) mass is 408 g/mol. The molecule has 2 heterocycles. The topological polar surface area (TPSA) is 64.7 Å². The summed E-state index contributed by atoms with van der Waals surface area (Å²) in [4.78, 5) is 13.1. The van der Waals surface area contributed by atoms with Gasteiger partial charge in [0.2, 0.25) is 0 Å². The molecule has 0 aliphatic rings. The summed E-state index contributed by atoms with van der Waals surface area (Å²) in [5, 5.41) is 0.975. The highest BCUT2D eigenvalue weighted by Gasteiger charge is 2.14. The minimum Gasteiger partial charge on any atom is -0.383 e. The number of nitrogens with zero attached hydrogens (tertiary/aromatic N) is 3. The van der Waals surface area contributed by atoms with Crippen molar-refractivity contribution in [1.82, 2.24) is 15.0 Å². The van der Waals surface area contributed by atoms with Gasteiger partial charge in [0.05, 0.1) is 15.7 Å². The molecule has 0 saturated carbocycles. The number of halogens is 2. The van der Waals surface area contributed by atoms with E-state index in [1.807, 2.05) is 31.2 Å². The van der Waals surface area contributed by atoms with Crippen molar-refractivity contribution in [2.45, 2.75) is 6.92 Å². The highest BCUT2D eigenvalue weighted by Crippen LogP contribution is 2.36. The first-order valence-corrected chi connectivity index (χ1v) is 8.76. The molecule has 0 bridgehead atoms. The lowest BCUT2D eigenvalue weighted by Crippen LogP contribution is -1.97. The van der Waals surface area contributed by atoms with E-state index in [1.54, 1.807) is 18.5 Å². The first kappa shape index (κ1) is 16.6. The molecule has 4 aromatic rings. The van der Waals surface area contributed by atoms with Crippen LogP contribution in [0.5, 0.6) is 0 Å². The Labute approximate surface area is 158 Å². The van der Waals surface area contributed by atoms with Gasteiger partial charge in [-0.1, -0.05) is 6.07 Å². The number of fused-ring (bicyclic) bond motifs is 1. The maximum Gasteiger partial charge on any atom is 0.138 e. The lowest BCUT2D eigenvalue weighted by atomic mass is 9.97. The first-order valence-electron chi connectivity index (χ1n) is 7.96. The van der Waals surface area contributed by atoms with E-state index in [0.29, 0.717) is 16.0 Å². The van der Waals surface area contributed by atoms with E-state index in [9.17, 15) is 4.39 Å². The summed E-state index contributed by atoms with van der Waals surface area (Å²) in [6.07, 6.45) is 1.56. The lowest BCUT2D eigenvalue weighted by Gasteiger charge is -2.13. The van der Waals surface area contributed by atoms with Crippen LogP contribution < -0.4 is 5.73 Å². The van der Waals surface area contributed by atoms with Crippen molar-refractivity contribution in [3.63, 3.8) is 0 Å². The molecule has 0 saturated heterocycles. The number of hydrogen-bond donors (Lipinski definition) is 1. The minimum atomic E-state index is -0.293. The summed E-state index contributed by atoms with van der Waals surface area (Å²) < 4.78 is 14.0. The number of anilines is 1. The van der Waals surface area contributed by atoms with Crippen molar-refractivity contribution in [3.05, 3.63) is 70.8 Å². The molecule has 26 heavy (non-hydrogen) atoms. The van der Waals surface area contributed by atoms with E-state index >= 15 is 0 Å². The van der Waals surface area contributed by atoms with E-state index in [0.717, 1.165) is 33.3 Å². The van der Waals surface area contributed by atoms with Crippen LogP contribution in [0.4, 0.5) is 10.2 Å². The van der Waals surface area contributed by atoms with Gasteiger partial charge in [0.15, 0.2) is 0 Å². The zero-order chi connectivity index (χ0) is 18.3. The van der Waals surface area contributed by atoms with Crippen LogP contribution in [0.3, 0.4) is 0 Å². The van der Waals surface area contributed by atoms with Crippen LogP contribution in [0.1, 0.15) is 5.69 Å². The Kier molecular flexibility index (Phi) is 4.12. The molecular weight excluding hydrogens is 395 g/mol. The number of benzene rings is 2. The summed E-state index contributed by atoms with van der Waals surface area (Å²) in [7, 11) is 0. The smallest absolute Gasteiger partial charge is 0.138 e. The zero-order valence-electron chi connectivity index (χ0n) is 13.9. The van der Waals surface area contributed by atoms with Gasteiger partial charge in [0.1, 0.15) is 18.0 Å². The van der Waals surface area contributed by atoms with Crippen LogP contribution in [0.15, 0.2) is 59.3 Å². The van der Waals surface area contributed by atoms with Crippen LogP contribution in [0, 0.1) is 12.7 Å². The number of nitrogen functional groups attached to an aromatic ring is 1. The largest absolute Gasteiger partial charge is 0.383 e. The van der Waals surface area contributed by atoms with Crippen LogP contribution in [-0.2, 0) is 0 Å². The van der Waals surface area contributed by atoms with Gasteiger partial charge in [-0.3, -0.25) is 0 Å². The van der Waals surface area contributed by atoms with Crippen molar-refractivity contribution in [1.29, 1.82) is 0 Å². The summed E-state index contributed by atoms with van der Waals surface area (Å²) in [5.74, 6) is 0.0900. The van der Waals surface area contributed by atoms with E-state index in [4.69, 9.17) is 5.73 Å². The van der Waals surface area contributed by atoms with Crippen molar-refractivity contribution in [3.8, 4) is 22.4 Å². The Morgan fingerprint density at radius 3 is 2.46 bits per heavy atom. The second-order valence-electron chi connectivity index (χ2n) is 5.95. The molecule has 0 aliphatic heterocycles. The van der Waals surface area contributed by atoms with E-state index in [1.165, 1.54) is 12.1 Å². The third-order valence-electron chi connectivity index (χ3n) is 4.27. The van der Waals surface area contributed by atoms with Gasteiger partial charge < -0.3 is 5.73 Å². The van der Waals surface area contributed by atoms with Gasteiger partial charge in [-0.2, -0.15) is 0 Å². The summed E-state index contributed by atoms with van der Waals surface area (Å²) >= 11 is 3.45. The molecule has 6 heteroatoms. The maximum atomic E-state index is 13.3. The molecule has 0 unspecified atom stereocenters. The van der Waals surface area contributed by atoms with Crippen LogP contribution in [0.2, 0.25) is 0 Å². The Morgan fingerprint density at radius 2 is 1.69 bits per heavy atom. The summed E-state index contributed by atoms with van der Waals surface area (Å²) in [5.41, 5.74) is 11.1. The molecule has 0 aliphatic carbocycles. The number of rotatable bonds is 2. The number of pyridine rings is 1. The highest BCUT2D eigenvalue weighted by molar-refractivity contribution is 9.10. The summed E-state index contributed by atoms with van der Waals surface area (Å²) in [6.45, 7) is 1.95. The van der Waals surface area contributed by atoms with Gasteiger partial charge in [-0.05, 0) is 70.9 Å². The number of hydrogen-bond acceptors (Lipinski definition) is 4. The van der Waals surface area contributed by atoms with E-state index in [-0.39, 0.29) is 5.82 Å². The normalized spacial score (nSPS) is 11.0. The standard InChI is InChI=1S/C20H14BrFN4/c1-11-15-8-13(4-7-18(15)25-10-24-11)16-9-17(21)20(23)26-19(16)12-2-5-14(22)6-3-12/h2-10H,1H3,(H2,23,26). The van der Waals surface area contributed by atoms with Gasteiger partial charge in [-0.25, -0.2) is 19.3 Å². The second-order valence-corrected chi connectivity index (χ2v) is 6.80. The molecule has 0 radical (unpaired) electrons. The lowest BCUT2D eigenvalue weighted by molar-refractivity contribution is 0.628. The fraction of sp³-hybridized carbons (Fsp3) is 0.0500. The van der Waals surface area contributed by atoms with Crippen molar-refractivity contribution >= 4 is 32.7 Å². The van der Waals surface area contributed by atoms with Gasteiger partial charge in [0, 0.05) is 22.2 Å². The first-order chi connectivity index (χ1) is 12.5. The molecule has 128 valence electrons. The molecule has 2 aromatic carbocycles. The molecule has 0 fully saturated rings. The van der Waals surface area contributed by atoms with Crippen LogP contribution in [-0.4, -0.2) is 15.0 Å². The fourth-order valence-corrected chi connectivity index (χ4v) is 3.22. The van der Waals surface area contributed by atoms with Gasteiger partial charge >= 0.3 is 0 Å². The molecule has 0 spiro atoms. The maximum absolute atomic E-state index is 13.3. The Morgan fingerprint density at radius 1 is 0.962 bits per heavy atom. The third kappa shape index (κ3) is 2.93. The van der Waals surface area contributed by atoms with Crippen LogP contribution in [0.25, 0.3) is 33.3 Å². The fourth-order valence-electron chi connectivity index (χ4n) is 2.90. The Balaban J connectivity index is 1.97. The zero-order valence-corrected chi connectivity index (χ0v) is 15.5. The minimum absolute atomic E-state index is 0.293. The predicted octanol–water partition coefficient (Wildman–Crippen LogP) is 5.15. The number of aromatic nitrogens is 3. The number of aryl methyl sites for hydroxylation is 1. The molecule has 4 rings (SSSR count). The molecule has 4 nitrogen and oxygen atoms in total. The Hall–Kier alpha value is -2.86. The molecule has 2 aromatic heterocycles. The Bertz CT molecular complexity index is 1130. The van der Waals surface area contributed by atoms with Gasteiger partial charge in [0.25, 0.3) is 0 Å². The quantitative estimate of drug-likeness (QED) is 0.497. The van der Waals surface area contributed by atoms with Crippen molar-refractivity contribution < 1.29 is 4.39 Å². The van der Waals surface area contributed by atoms with Crippen molar-refractivity contribution in [2.75, 3.05) is 5.73 Å². The average Bonchev–Trinajstić information content (AvgIpc) is 2.64. The highest BCUT2D eigenvalue weighted by atomic mass is 79.9. The van der Waals surface area contributed by atoms with Crippen LogP contribution >= 0.6 is 15.9 Å².